The standard InChI is InChI=1S/C15H18O2/c16-10-15(7-8-15)14(17)13-6-5-11-3-1-2-4-12(11)9-13/h5-6,9,16H,1-4,7-8,10H2. The third-order valence-electron chi connectivity index (χ3n) is 4.25. The van der Waals surface area contributed by atoms with E-state index in [9.17, 15) is 9.90 Å². The summed E-state index contributed by atoms with van der Waals surface area (Å²) in [7, 11) is 0. The minimum Gasteiger partial charge on any atom is -0.395 e. The first-order valence-electron chi connectivity index (χ1n) is 6.53. The van der Waals surface area contributed by atoms with Gasteiger partial charge in [-0.3, -0.25) is 4.79 Å². The van der Waals surface area contributed by atoms with Crippen LogP contribution >= 0.6 is 0 Å². The largest absolute Gasteiger partial charge is 0.395 e. The molecule has 1 N–H and O–H groups in total. The molecule has 3 rings (SSSR count). The molecular formula is C15H18O2. The molecule has 0 bridgehead atoms. The molecule has 1 saturated carbocycles. The summed E-state index contributed by atoms with van der Waals surface area (Å²) in [4.78, 5) is 12.3. The van der Waals surface area contributed by atoms with Gasteiger partial charge in [0.15, 0.2) is 5.78 Å². The van der Waals surface area contributed by atoms with Crippen LogP contribution in [0.1, 0.15) is 47.2 Å². The van der Waals surface area contributed by atoms with Crippen molar-refractivity contribution in [3.8, 4) is 0 Å². The summed E-state index contributed by atoms with van der Waals surface area (Å²) < 4.78 is 0. The van der Waals surface area contributed by atoms with Crippen molar-refractivity contribution in [3.05, 3.63) is 34.9 Å². The molecule has 0 atom stereocenters. The smallest absolute Gasteiger partial charge is 0.171 e. The zero-order valence-electron chi connectivity index (χ0n) is 10.0. The molecular weight excluding hydrogens is 212 g/mol. The monoisotopic (exact) mass is 230 g/mol. The molecule has 2 aliphatic rings. The molecule has 17 heavy (non-hydrogen) atoms. The van der Waals surface area contributed by atoms with Crippen molar-refractivity contribution < 1.29 is 9.90 Å². The van der Waals surface area contributed by atoms with E-state index in [1.54, 1.807) is 0 Å². The normalized spacial score (nSPS) is 20.8. The van der Waals surface area contributed by atoms with Crippen LogP contribution in [0.25, 0.3) is 0 Å². The van der Waals surface area contributed by atoms with Gasteiger partial charge in [0.1, 0.15) is 0 Å². The van der Waals surface area contributed by atoms with Crippen molar-refractivity contribution in [3.63, 3.8) is 0 Å². The van der Waals surface area contributed by atoms with Gasteiger partial charge in [0.2, 0.25) is 0 Å². The minimum atomic E-state index is -0.428. The zero-order valence-corrected chi connectivity index (χ0v) is 10.0. The van der Waals surface area contributed by atoms with Crippen molar-refractivity contribution in [2.75, 3.05) is 6.61 Å². The molecule has 0 aliphatic heterocycles. The predicted octanol–water partition coefficient (Wildman–Crippen LogP) is 2.52. The van der Waals surface area contributed by atoms with Gasteiger partial charge in [0.05, 0.1) is 12.0 Å². The van der Waals surface area contributed by atoms with E-state index in [-0.39, 0.29) is 12.4 Å². The van der Waals surface area contributed by atoms with Crippen LogP contribution in [0.4, 0.5) is 0 Å². The van der Waals surface area contributed by atoms with Crippen LogP contribution in [0, 0.1) is 5.41 Å². The van der Waals surface area contributed by atoms with Crippen LogP contribution in [0.2, 0.25) is 0 Å². The van der Waals surface area contributed by atoms with E-state index in [2.05, 4.69) is 12.1 Å². The fourth-order valence-electron chi connectivity index (χ4n) is 2.79. The Bertz CT molecular complexity index is 458. The first-order chi connectivity index (χ1) is 8.25. The Labute approximate surface area is 102 Å². The lowest BCUT2D eigenvalue weighted by Crippen LogP contribution is -2.20. The number of carbonyl (C=O) groups is 1. The van der Waals surface area contributed by atoms with Crippen molar-refractivity contribution in [2.24, 2.45) is 5.41 Å². The summed E-state index contributed by atoms with van der Waals surface area (Å²) in [6.07, 6.45) is 6.44. The van der Waals surface area contributed by atoms with Gasteiger partial charge < -0.3 is 5.11 Å². The average molecular weight is 230 g/mol. The van der Waals surface area contributed by atoms with Gasteiger partial charge in [-0.25, -0.2) is 0 Å². The molecule has 0 radical (unpaired) electrons. The topological polar surface area (TPSA) is 37.3 Å². The molecule has 90 valence electrons. The van der Waals surface area contributed by atoms with Gasteiger partial charge in [0, 0.05) is 5.56 Å². The second kappa shape index (κ2) is 3.95. The van der Waals surface area contributed by atoms with Gasteiger partial charge in [-0.15, -0.1) is 0 Å². The van der Waals surface area contributed by atoms with Gasteiger partial charge in [0.25, 0.3) is 0 Å². The summed E-state index contributed by atoms with van der Waals surface area (Å²) >= 11 is 0. The highest BCUT2D eigenvalue weighted by molar-refractivity contribution is 6.02. The maximum atomic E-state index is 12.3. The second-order valence-electron chi connectivity index (χ2n) is 5.46. The quantitative estimate of drug-likeness (QED) is 0.810. The Morgan fingerprint density at radius 1 is 1.18 bits per heavy atom. The lowest BCUT2D eigenvalue weighted by atomic mass is 9.87. The highest BCUT2D eigenvalue weighted by atomic mass is 16.3. The van der Waals surface area contributed by atoms with E-state index in [1.807, 2.05) is 6.07 Å². The Morgan fingerprint density at radius 3 is 2.53 bits per heavy atom. The molecule has 0 unspecified atom stereocenters. The third kappa shape index (κ3) is 1.81. The number of rotatable bonds is 3. The molecule has 0 heterocycles. The second-order valence-corrected chi connectivity index (χ2v) is 5.46. The molecule has 2 nitrogen and oxygen atoms in total. The van der Waals surface area contributed by atoms with Gasteiger partial charge in [-0.1, -0.05) is 12.1 Å². The van der Waals surface area contributed by atoms with Crippen LogP contribution in [0.15, 0.2) is 18.2 Å². The molecule has 0 aromatic heterocycles. The van der Waals surface area contributed by atoms with Crippen LogP contribution in [0.5, 0.6) is 0 Å². The number of carbonyl (C=O) groups excluding carboxylic acids is 1. The third-order valence-corrected chi connectivity index (χ3v) is 4.25. The summed E-state index contributed by atoms with van der Waals surface area (Å²) in [5.74, 6) is 0.147. The highest BCUT2D eigenvalue weighted by Crippen LogP contribution is 2.47. The number of aliphatic hydroxyl groups excluding tert-OH is 1. The summed E-state index contributed by atoms with van der Waals surface area (Å²) in [5.41, 5.74) is 3.12. The fraction of sp³-hybridized carbons (Fsp3) is 0.533. The molecule has 1 aromatic rings. The Morgan fingerprint density at radius 2 is 1.88 bits per heavy atom. The van der Waals surface area contributed by atoms with Crippen molar-refractivity contribution in [1.29, 1.82) is 0 Å². The number of fused-ring (bicyclic) bond motifs is 1. The zero-order chi connectivity index (χ0) is 11.9. The summed E-state index contributed by atoms with van der Waals surface area (Å²) in [5, 5.41) is 9.31. The van der Waals surface area contributed by atoms with E-state index in [0.717, 1.165) is 31.2 Å². The molecule has 0 saturated heterocycles. The first kappa shape index (κ1) is 11.0. The van der Waals surface area contributed by atoms with E-state index >= 15 is 0 Å². The van der Waals surface area contributed by atoms with Crippen LogP contribution in [0.3, 0.4) is 0 Å². The number of aliphatic hydroxyl groups is 1. The van der Waals surface area contributed by atoms with Gasteiger partial charge in [-0.2, -0.15) is 0 Å². The molecule has 2 aliphatic carbocycles. The van der Waals surface area contributed by atoms with E-state index < -0.39 is 5.41 Å². The Balaban J connectivity index is 1.91. The van der Waals surface area contributed by atoms with Crippen LogP contribution < -0.4 is 0 Å². The number of ketones is 1. The SMILES string of the molecule is O=C(c1ccc2c(c1)CCCC2)C1(CO)CC1. The van der Waals surface area contributed by atoms with E-state index in [1.165, 1.54) is 24.0 Å². The van der Waals surface area contributed by atoms with E-state index in [4.69, 9.17) is 0 Å². The summed E-state index contributed by atoms with van der Waals surface area (Å²) in [6, 6.07) is 6.12. The number of aryl methyl sites for hydroxylation is 2. The average Bonchev–Trinajstić information content (AvgIpc) is 3.18. The minimum absolute atomic E-state index is 0.00289. The summed E-state index contributed by atoms with van der Waals surface area (Å²) in [6.45, 7) is 0.00289. The van der Waals surface area contributed by atoms with Crippen molar-refractivity contribution >= 4 is 5.78 Å². The van der Waals surface area contributed by atoms with Gasteiger partial charge >= 0.3 is 0 Å². The molecule has 0 spiro atoms. The van der Waals surface area contributed by atoms with E-state index in [0.29, 0.717) is 0 Å². The number of hydrogen-bond acceptors (Lipinski definition) is 2. The number of hydrogen-bond donors (Lipinski definition) is 1. The maximum Gasteiger partial charge on any atom is 0.171 e. The number of Topliss-reactive ketones (excluding diaryl/α,β-unsaturated/α-hetero) is 1. The highest BCUT2D eigenvalue weighted by Gasteiger charge is 2.49. The predicted molar refractivity (Wildman–Crippen MR) is 66.2 cm³/mol. The van der Waals surface area contributed by atoms with Crippen LogP contribution in [-0.4, -0.2) is 17.5 Å². The number of benzene rings is 1. The van der Waals surface area contributed by atoms with Crippen LogP contribution in [-0.2, 0) is 12.8 Å². The maximum absolute atomic E-state index is 12.3. The van der Waals surface area contributed by atoms with Gasteiger partial charge in [-0.05, 0) is 55.7 Å². The molecule has 1 aromatic carbocycles. The lowest BCUT2D eigenvalue weighted by molar-refractivity contribution is 0.0829. The molecule has 2 heteroatoms. The first-order valence-corrected chi connectivity index (χ1v) is 6.53. The molecule has 1 fully saturated rings. The van der Waals surface area contributed by atoms with Crippen molar-refractivity contribution in [2.45, 2.75) is 38.5 Å². The Kier molecular flexibility index (Phi) is 2.55. The Hall–Kier alpha value is -1.15. The lowest BCUT2D eigenvalue weighted by Gasteiger charge is -2.17. The van der Waals surface area contributed by atoms with Crippen molar-refractivity contribution in [1.82, 2.24) is 0 Å². The molecule has 0 amide bonds. The fourth-order valence-corrected chi connectivity index (χ4v) is 2.79.